The maximum Gasteiger partial charge on any atom is 0.251 e. The van der Waals surface area contributed by atoms with Crippen LogP contribution in [0.5, 0.6) is 0 Å². The lowest BCUT2D eigenvalue weighted by Crippen LogP contribution is -2.23. The molecule has 2 rings (SSSR count). The average molecular weight is 265 g/mol. The van der Waals surface area contributed by atoms with Gasteiger partial charge >= 0.3 is 0 Å². The number of amides is 1. The number of hydrogen-bond donors (Lipinski definition) is 1. The van der Waals surface area contributed by atoms with Crippen LogP contribution in [-0.2, 0) is 6.54 Å². The molecular weight excluding hydrogens is 250 g/mol. The van der Waals surface area contributed by atoms with Crippen molar-refractivity contribution in [3.63, 3.8) is 0 Å². The third-order valence-corrected chi connectivity index (χ3v) is 3.07. The zero-order chi connectivity index (χ0) is 14.5. The van der Waals surface area contributed by atoms with Crippen molar-refractivity contribution in [1.82, 2.24) is 10.3 Å². The highest BCUT2D eigenvalue weighted by Gasteiger charge is 2.07. The van der Waals surface area contributed by atoms with Crippen LogP contribution in [0, 0.1) is 25.2 Å². The van der Waals surface area contributed by atoms with E-state index >= 15 is 0 Å². The van der Waals surface area contributed by atoms with E-state index in [9.17, 15) is 4.79 Å². The standard InChI is InChI=1S/C16H15N3O/c1-11-3-4-14(12(2)7-11)10-19-16(20)13-5-6-18-15(8-13)9-17/h3-8H,10H2,1-2H3,(H,19,20). The Labute approximate surface area is 118 Å². The normalized spacial score (nSPS) is 9.85. The Hall–Kier alpha value is -2.67. The van der Waals surface area contributed by atoms with Crippen LogP contribution in [0.15, 0.2) is 36.5 Å². The first kappa shape index (κ1) is 13.8. The summed E-state index contributed by atoms with van der Waals surface area (Å²) >= 11 is 0. The first-order valence-corrected chi connectivity index (χ1v) is 6.30. The van der Waals surface area contributed by atoms with Crippen LogP contribution in [0.25, 0.3) is 0 Å². The number of rotatable bonds is 3. The first-order valence-electron chi connectivity index (χ1n) is 6.30. The molecule has 1 amide bonds. The summed E-state index contributed by atoms with van der Waals surface area (Å²) in [6.07, 6.45) is 1.46. The maximum atomic E-state index is 12.0. The minimum atomic E-state index is -0.205. The predicted molar refractivity (Wildman–Crippen MR) is 76.0 cm³/mol. The smallest absolute Gasteiger partial charge is 0.251 e. The van der Waals surface area contributed by atoms with Crippen LogP contribution in [0.3, 0.4) is 0 Å². The van der Waals surface area contributed by atoms with Gasteiger partial charge < -0.3 is 5.32 Å². The Morgan fingerprint density at radius 3 is 2.80 bits per heavy atom. The third kappa shape index (κ3) is 3.21. The molecule has 1 aromatic carbocycles. The molecule has 0 aliphatic carbocycles. The van der Waals surface area contributed by atoms with Gasteiger partial charge in [0.2, 0.25) is 0 Å². The average Bonchev–Trinajstić information content (AvgIpc) is 2.46. The summed E-state index contributed by atoms with van der Waals surface area (Å²) in [4.78, 5) is 15.9. The van der Waals surface area contributed by atoms with E-state index in [1.54, 1.807) is 6.07 Å². The van der Waals surface area contributed by atoms with Crippen molar-refractivity contribution >= 4 is 5.91 Å². The van der Waals surface area contributed by atoms with E-state index in [0.29, 0.717) is 12.1 Å². The van der Waals surface area contributed by atoms with Gasteiger partial charge in [-0.2, -0.15) is 5.26 Å². The van der Waals surface area contributed by atoms with Gasteiger partial charge in [0.1, 0.15) is 11.8 Å². The van der Waals surface area contributed by atoms with Gasteiger partial charge in [-0.1, -0.05) is 23.8 Å². The molecule has 0 fully saturated rings. The Bertz CT molecular complexity index is 686. The summed E-state index contributed by atoms with van der Waals surface area (Å²) in [6.45, 7) is 4.53. The number of pyridine rings is 1. The van der Waals surface area contributed by atoms with Crippen molar-refractivity contribution in [3.8, 4) is 6.07 Å². The van der Waals surface area contributed by atoms with Crippen LogP contribution >= 0.6 is 0 Å². The van der Waals surface area contributed by atoms with Crippen molar-refractivity contribution in [2.45, 2.75) is 20.4 Å². The second-order valence-corrected chi connectivity index (χ2v) is 4.65. The molecule has 0 aliphatic heterocycles. The van der Waals surface area contributed by atoms with Crippen LogP contribution < -0.4 is 5.32 Å². The van der Waals surface area contributed by atoms with Crippen molar-refractivity contribution in [3.05, 3.63) is 64.5 Å². The van der Waals surface area contributed by atoms with Gasteiger partial charge in [-0.3, -0.25) is 4.79 Å². The lowest BCUT2D eigenvalue weighted by atomic mass is 10.1. The Morgan fingerprint density at radius 1 is 1.30 bits per heavy atom. The number of nitrogens with one attached hydrogen (secondary N) is 1. The molecule has 0 bridgehead atoms. The van der Waals surface area contributed by atoms with E-state index < -0.39 is 0 Å². The molecule has 0 aliphatic rings. The highest BCUT2D eigenvalue weighted by molar-refractivity contribution is 5.94. The van der Waals surface area contributed by atoms with Crippen LogP contribution in [0.1, 0.15) is 32.7 Å². The number of carbonyl (C=O) groups excluding carboxylic acids is 1. The monoisotopic (exact) mass is 265 g/mol. The maximum absolute atomic E-state index is 12.0. The van der Waals surface area contributed by atoms with Gasteiger partial charge in [-0.25, -0.2) is 4.98 Å². The molecular formula is C16H15N3O. The topological polar surface area (TPSA) is 65.8 Å². The molecule has 1 aromatic heterocycles. The Morgan fingerprint density at radius 2 is 2.10 bits per heavy atom. The van der Waals surface area contributed by atoms with E-state index in [0.717, 1.165) is 11.1 Å². The van der Waals surface area contributed by atoms with Gasteiger partial charge in [-0.15, -0.1) is 0 Å². The van der Waals surface area contributed by atoms with Crippen molar-refractivity contribution in [2.75, 3.05) is 0 Å². The lowest BCUT2D eigenvalue weighted by Gasteiger charge is -2.09. The highest BCUT2D eigenvalue weighted by atomic mass is 16.1. The van der Waals surface area contributed by atoms with Crippen molar-refractivity contribution < 1.29 is 4.79 Å². The fourth-order valence-corrected chi connectivity index (χ4v) is 1.95. The molecule has 1 N–H and O–H groups in total. The van der Waals surface area contributed by atoms with Crippen molar-refractivity contribution in [1.29, 1.82) is 5.26 Å². The van der Waals surface area contributed by atoms with E-state index in [2.05, 4.69) is 16.4 Å². The molecule has 0 spiro atoms. The Kier molecular flexibility index (Phi) is 4.11. The summed E-state index contributed by atoms with van der Waals surface area (Å²) in [5.41, 5.74) is 4.12. The molecule has 0 saturated carbocycles. The highest BCUT2D eigenvalue weighted by Crippen LogP contribution is 2.10. The molecule has 2 aromatic rings. The zero-order valence-electron chi connectivity index (χ0n) is 11.5. The number of nitriles is 1. The molecule has 1 heterocycles. The summed E-state index contributed by atoms with van der Waals surface area (Å²) in [5.74, 6) is -0.205. The summed E-state index contributed by atoms with van der Waals surface area (Å²) in [5, 5.41) is 11.6. The van der Waals surface area contributed by atoms with Gasteiger partial charge in [0.05, 0.1) is 0 Å². The first-order chi connectivity index (χ1) is 9.60. The molecule has 0 atom stereocenters. The molecule has 0 saturated heterocycles. The summed E-state index contributed by atoms with van der Waals surface area (Å²) in [6, 6.07) is 11.1. The lowest BCUT2D eigenvalue weighted by molar-refractivity contribution is 0.0950. The van der Waals surface area contributed by atoms with Crippen molar-refractivity contribution in [2.24, 2.45) is 0 Å². The Balaban J connectivity index is 2.07. The minimum Gasteiger partial charge on any atom is -0.348 e. The summed E-state index contributed by atoms with van der Waals surface area (Å²) in [7, 11) is 0. The molecule has 20 heavy (non-hydrogen) atoms. The molecule has 4 heteroatoms. The second-order valence-electron chi connectivity index (χ2n) is 4.65. The molecule has 100 valence electrons. The van der Waals surface area contributed by atoms with Gasteiger partial charge in [0, 0.05) is 18.3 Å². The number of carbonyl (C=O) groups is 1. The van der Waals surface area contributed by atoms with Crippen LogP contribution in [0.2, 0.25) is 0 Å². The van der Waals surface area contributed by atoms with E-state index in [-0.39, 0.29) is 11.6 Å². The minimum absolute atomic E-state index is 0.205. The van der Waals surface area contributed by atoms with E-state index in [1.165, 1.54) is 17.8 Å². The van der Waals surface area contributed by atoms with Gasteiger partial charge in [-0.05, 0) is 37.1 Å². The number of hydrogen-bond acceptors (Lipinski definition) is 3. The number of aromatic nitrogens is 1. The van der Waals surface area contributed by atoms with Crippen LogP contribution in [-0.4, -0.2) is 10.9 Å². The largest absolute Gasteiger partial charge is 0.348 e. The number of nitrogens with zero attached hydrogens (tertiary/aromatic N) is 2. The zero-order valence-corrected chi connectivity index (χ0v) is 11.5. The fourth-order valence-electron chi connectivity index (χ4n) is 1.95. The number of benzene rings is 1. The quantitative estimate of drug-likeness (QED) is 0.927. The molecule has 4 nitrogen and oxygen atoms in total. The van der Waals surface area contributed by atoms with E-state index in [1.807, 2.05) is 32.0 Å². The van der Waals surface area contributed by atoms with Gasteiger partial charge in [0.15, 0.2) is 0 Å². The molecule has 0 unspecified atom stereocenters. The summed E-state index contributed by atoms with van der Waals surface area (Å²) < 4.78 is 0. The number of aryl methyl sites for hydroxylation is 2. The predicted octanol–water partition coefficient (Wildman–Crippen LogP) is 2.50. The SMILES string of the molecule is Cc1ccc(CNC(=O)c2ccnc(C#N)c2)c(C)c1. The molecule has 0 radical (unpaired) electrons. The fraction of sp³-hybridized carbons (Fsp3) is 0.188. The second kappa shape index (κ2) is 5.98. The van der Waals surface area contributed by atoms with Gasteiger partial charge in [0.25, 0.3) is 5.91 Å². The van der Waals surface area contributed by atoms with E-state index in [4.69, 9.17) is 5.26 Å². The third-order valence-electron chi connectivity index (χ3n) is 3.07. The van der Waals surface area contributed by atoms with Crippen LogP contribution in [0.4, 0.5) is 0 Å².